The molecule has 0 aromatic carbocycles. The Morgan fingerprint density at radius 1 is 1.24 bits per heavy atom. The quantitative estimate of drug-likeness (QED) is 0.846. The van der Waals surface area contributed by atoms with E-state index in [1.54, 1.807) is 22.7 Å². The number of hydrogen-bond donors (Lipinski definition) is 2. The van der Waals surface area contributed by atoms with Gasteiger partial charge in [0, 0.05) is 16.3 Å². The summed E-state index contributed by atoms with van der Waals surface area (Å²) in [7, 11) is 0. The van der Waals surface area contributed by atoms with Crippen LogP contribution < -0.4 is 5.32 Å². The third-order valence-corrected chi connectivity index (χ3v) is 4.22. The van der Waals surface area contributed by atoms with E-state index in [0.717, 1.165) is 0 Å². The lowest BCUT2D eigenvalue weighted by atomic mass is 10.2. The van der Waals surface area contributed by atoms with Crippen LogP contribution in [0.2, 0.25) is 0 Å². The molecule has 0 aliphatic carbocycles. The molecule has 2 N–H and O–H groups in total. The molecule has 3 nitrogen and oxygen atoms in total. The van der Waals surface area contributed by atoms with Crippen LogP contribution in [-0.2, 0) is 4.79 Å². The van der Waals surface area contributed by atoms with Gasteiger partial charge in [-0.25, -0.2) is 0 Å². The molecule has 0 atom stereocenters. The molecule has 2 heterocycles. The van der Waals surface area contributed by atoms with Gasteiger partial charge in [-0.1, -0.05) is 12.1 Å². The van der Waals surface area contributed by atoms with Gasteiger partial charge >= 0.3 is 5.97 Å². The zero-order valence-electron chi connectivity index (χ0n) is 9.13. The van der Waals surface area contributed by atoms with Gasteiger partial charge in [-0.05, 0) is 22.9 Å². The molecule has 0 aliphatic heterocycles. The summed E-state index contributed by atoms with van der Waals surface area (Å²) in [6.07, 6.45) is 0.146. The third kappa shape index (κ3) is 3.39. The lowest BCUT2D eigenvalue weighted by molar-refractivity contribution is -0.136. The van der Waals surface area contributed by atoms with E-state index in [2.05, 4.69) is 17.4 Å². The Morgan fingerprint density at radius 2 is 1.82 bits per heavy atom. The Kier molecular flexibility index (Phi) is 4.30. The zero-order valence-corrected chi connectivity index (χ0v) is 10.8. The normalized spacial score (nSPS) is 10.9. The Bertz CT molecular complexity index is 417. The van der Waals surface area contributed by atoms with Crippen molar-refractivity contribution in [3.8, 4) is 0 Å². The molecule has 0 bridgehead atoms. The molecular formula is C12H13NO2S2. The topological polar surface area (TPSA) is 49.3 Å². The predicted octanol–water partition coefficient (Wildman–Crippen LogP) is 2.96. The van der Waals surface area contributed by atoms with Crippen molar-refractivity contribution in [2.45, 2.75) is 12.5 Å². The SMILES string of the molecule is O=C(O)CCNC(c1cccs1)c1cccs1. The molecule has 0 unspecified atom stereocenters. The molecule has 90 valence electrons. The Hall–Kier alpha value is -1.17. The van der Waals surface area contributed by atoms with Gasteiger partial charge in [0.25, 0.3) is 0 Å². The molecule has 17 heavy (non-hydrogen) atoms. The van der Waals surface area contributed by atoms with Gasteiger partial charge < -0.3 is 10.4 Å². The summed E-state index contributed by atoms with van der Waals surface area (Å²) in [4.78, 5) is 13.0. The van der Waals surface area contributed by atoms with Crippen LogP contribution in [-0.4, -0.2) is 17.6 Å². The first-order valence-electron chi connectivity index (χ1n) is 5.29. The highest BCUT2D eigenvalue weighted by molar-refractivity contribution is 7.11. The van der Waals surface area contributed by atoms with E-state index in [1.165, 1.54) is 9.75 Å². The standard InChI is InChI=1S/C12H13NO2S2/c14-11(15)5-6-13-12(9-3-1-7-16-9)10-4-2-8-17-10/h1-4,7-8,12-13H,5-6H2,(H,14,15). The number of aliphatic carboxylic acids is 1. The largest absolute Gasteiger partial charge is 0.481 e. The van der Waals surface area contributed by atoms with Gasteiger partial charge in [0.05, 0.1) is 12.5 Å². The monoisotopic (exact) mass is 267 g/mol. The van der Waals surface area contributed by atoms with E-state index < -0.39 is 5.97 Å². The summed E-state index contributed by atoms with van der Waals surface area (Å²) in [5, 5.41) is 16.0. The van der Waals surface area contributed by atoms with Crippen molar-refractivity contribution in [2.24, 2.45) is 0 Å². The van der Waals surface area contributed by atoms with Crippen molar-refractivity contribution in [3.05, 3.63) is 44.8 Å². The fourth-order valence-electron chi connectivity index (χ4n) is 1.58. The molecule has 0 spiro atoms. The Balaban J connectivity index is 2.06. The van der Waals surface area contributed by atoms with Crippen LogP contribution in [0.1, 0.15) is 22.2 Å². The van der Waals surface area contributed by atoms with Crippen LogP contribution in [0.3, 0.4) is 0 Å². The summed E-state index contributed by atoms with van der Waals surface area (Å²) < 4.78 is 0. The summed E-state index contributed by atoms with van der Waals surface area (Å²) in [5.74, 6) is -0.770. The first-order valence-corrected chi connectivity index (χ1v) is 7.05. The lowest BCUT2D eigenvalue weighted by Crippen LogP contribution is -2.23. The lowest BCUT2D eigenvalue weighted by Gasteiger charge is -2.15. The van der Waals surface area contributed by atoms with Gasteiger partial charge in [-0.2, -0.15) is 0 Å². The van der Waals surface area contributed by atoms with E-state index in [1.807, 2.05) is 22.9 Å². The molecule has 0 saturated heterocycles. The van der Waals surface area contributed by atoms with Gasteiger partial charge in [0.15, 0.2) is 0 Å². The highest BCUT2D eigenvalue weighted by Gasteiger charge is 2.15. The van der Waals surface area contributed by atoms with E-state index in [4.69, 9.17) is 5.11 Å². The minimum Gasteiger partial charge on any atom is -0.481 e. The van der Waals surface area contributed by atoms with Crippen LogP contribution in [0.5, 0.6) is 0 Å². The third-order valence-electron chi connectivity index (χ3n) is 2.34. The maximum atomic E-state index is 10.5. The van der Waals surface area contributed by atoms with Crippen molar-refractivity contribution in [2.75, 3.05) is 6.54 Å². The molecular weight excluding hydrogens is 254 g/mol. The van der Waals surface area contributed by atoms with Crippen LogP contribution in [0, 0.1) is 0 Å². The second kappa shape index (κ2) is 5.95. The molecule has 0 amide bonds. The van der Waals surface area contributed by atoms with Gasteiger partial charge in [-0.3, -0.25) is 4.79 Å². The van der Waals surface area contributed by atoms with Crippen molar-refractivity contribution in [3.63, 3.8) is 0 Å². The van der Waals surface area contributed by atoms with E-state index in [-0.39, 0.29) is 12.5 Å². The molecule has 0 saturated carbocycles. The van der Waals surface area contributed by atoms with Crippen molar-refractivity contribution < 1.29 is 9.90 Å². The fraction of sp³-hybridized carbons (Fsp3) is 0.250. The summed E-state index contributed by atoms with van der Waals surface area (Å²) >= 11 is 3.37. The Labute approximate surface area is 108 Å². The molecule has 2 rings (SSSR count). The highest BCUT2D eigenvalue weighted by Crippen LogP contribution is 2.28. The van der Waals surface area contributed by atoms with E-state index in [0.29, 0.717) is 6.54 Å². The summed E-state index contributed by atoms with van der Waals surface area (Å²) in [5.41, 5.74) is 0. The average molecular weight is 267 g/mol. The number of rotatable bonds is 6. The molecule has 2 aromatic rings. The fourth-order valence-corrected chi connectivity index (χ4v) is 3.29. The van der Waals surface area contributed by atoms with Crippen LogP contribution >= 0.6 is 22.7 Å². The first-order chi connectivity index (χ1) is 8.27. The van der Waals surface area contributed by atoms with Crippen LogP contribution in [0.15, 0.2) is 35.0 Å². The molecule has 5 heteroatoms. The van der Waals surface area contributed by atoms with E-state index in [9.17, 15) is 4.79 Å². The molecule has 0 aliphatic rings. The van der Waals surface area contributed by atoms with Crippen molar-refractivity contribution >= 4 is 28.6 Å². The Morgan fingerprint density at radius 3 is 2.24 bits per heavy atom. The van der Waals surface area contributed by atoms with Crippen LogP contribution in [0.4, 0.5) is 0 Å². The van der Waals surface area contributed by atoms with Gasteiger partial charge in [-0.15, -0.1) is 22.7 Å². The number of carbonyl (C=O) groups is 1. The number of thiophene rings is 2. The molecule has 0 fully saturated rings. The van der Waals surface area contributed by atoms with Crippen LogP contribution in [0.25, 0.3) is 0 Å². The molecule has 0 radical (unpaired) electrons. The van der Waals surface area contributed by atoms with Crippen molar-refractivity contribution in [1.82, 2.24) is 5.32 Å². The number of hydrogen-bond acceptors (Lipinski definition) is 4. The van der Waals surface area contributed by atoms with Crippen molar-refractivity contribution in [1.29, 1.82) is 0 Å². The van der Waals surface area contributed by atoms with E-state index >= 15 is 0 Å². The smallest absolute Gasteiger partial charge is 0.304 e. The number of carboxylic acids is 1. The first kappa shape index (κ1) is 12.3. The minimum atomic E-state index is -0.770. The number of nitrogens with one attached hydrogen (secondary N) is 1. The zero-order chi connectivity index (χ0) is 12.1. The number of carboxylic acid groups (broad SMARTS) is 1. The summed E-state index contributed by atoms with van der Waals surface area (Å²) in [6.45, 7) is 0.482. The van der Waals surface area contributed by atoms with Gasteiger partial charge in [0.1, 0.15) is 0 Å². The second-order valence-corrected chi connectivity index (χ2v) is 5.52. The average Bonchev–Trinajstić information content (AvgIpc) is 2.97. The molecule has 2 aromatic heterocycles. The maximum absolute atomic E-state index is 10.5. The minimum absolute atomic E-state index is 0.120. The summed E-state index contributed by atoms with van der Waals surface area (Å²) in [6, 6.07) is 8.29. The highest BCUT2D eigenvalue weighted by atomic mass is 32.1. The maximum Gasteiger partial charge on any atom is 0.304 e. The van der Waals surface area contributed by atoms with Gasteiger partial charge in [0.2, 0.25) is 0 Å². The predicted molar refractivity (Wildman–Crippen MR) is 70.7 cm³/mol. The second-order valence-electron chi connectivity index (χ2n) is 3.56.